The lowest BCUT2D eigenvalue weighted by molar-refractivity contribution is 0.414. The first-order chi connectivity index (χ1) is 14.3. The van der Waals surface area contributed by atoms with Gasteiger partial charge in [-0.2, -0.15) is 0 Å². The Balaban J connectivity index is 1.46. The molecule has 156 valence electrons. The van der Waals surface area contributed by atoms with Crippen molar-refractivity contribution in [1.29, 1.82) is 0 Å². The van der Waals surface area contributed by atoms with Crippen molar-refractivity contribution >= 4 is 11.8 Å². The summed E-state index contributed by atoms with van der Waals surface area (Å²) < 4.78 is 5.20. The molecule has 0 bridgehead atoms. The molecule has 0 amide bonds. The number of rotatable bonds is 7. The van der Waals surface area contributed by atoms with Crippen LogP contribution in [0.4, 0.5) is 5.82 Å². The van der Waals surface area contributed by atoms with Crippen molar-refractivity contribution in [3.8, 4) is 5.75 Å². The minimum atomic E-state index is 0.728. The molecule has 2 aromatic rings. The number of pyridine rings is 1. The van der Waals surface area contributed by atoms with E-state index >= 15 is 0 Å². The lowest BCUT2D eigenvalue weighted by atomic mass is 10.1. The molecule has 2 heterocycles. The molecule has 0 saturated carbocycles. The van der Waals surface area contributed by atoms with Gasteiger partial charge in [-0.3, -0.25) is 4.99 Å². The van der Waals surface area contributed by atoms with Crippen LogP contribution in [0.25, 0.3) is 0 Å². The number of nitrogens with one attached hydrogen (secondary N) is 2. The predicted molar refractivity (Wildman–Crippen MR) is 120 cm³/mol. The largest absolute Gasteiger partial charge is 0.497 e. The summed E-state index contributed by atoms with van der Waals surface area (Å²) in [5.74, 6) is 2.79. The van der Waals surface area contributed by atoms with Crippen LogP contribution in [-0.2, 0) is 13.0 Å². The van der Waals surface area contributed by atoms with Gasteiger partial charge in [-0.05, 0) is 54.7 Å². The molecule has 0 radical (unpaired) electrons. The molecule has 29 heavy (non-hydrogen) atoms. The molecule has 1 aromatic carbocycles. The van der Waals surface area contributed by atoms with E-state index in [0.29, 0.717) is 0 Å². The van der Waals surface area contributed by atoms with Crippen molar-refractivity contribution in [2.75, 3.05) is 38.7 Å². The fourth-order valence-corrected chi connectivity index (χ4v) is 3.57. The van der Waals surface area contributed by atoms with Crippen LogP contribution in [0.15, 0.2) is 47.6 Å². The second kappa shape index (κ2) is 11.3. The fourth-order valence-electron chi connectivity index (χ4n) is 3.57. The van der Waals surface area contributed by atoms with Crippen molar-refractivity contribution < 1.29 is 4.74 Å². The van der Waals surface area contributed by atoms with Crippen LogP contribution in [0.2, 0.25) is 0 Å². The van der Waals surface area contributed by atoms with E-state index in [1.54, 1.807) is 14.2 Å². The first-order valence-corrected chi connectivity index (χ1v) is 10.6. The highest BCUT2D eigenvalue weighted by atomic mass is 16.5. The number of aliphatic imine (C=N–C) groups is 1. The number of ether oxygens (including phenoxy) is 1. The summed E-state index contributed by atoms with van der Waals surface area (Å²) >= 11 is 0. The molecule has 1 aliphatic rings. The first kappa shape index (κ1) is 21.0. The summed E-state index contributed by atoms with van der Waals surface area (Å²) in [4.78, 5) is 11.3. The van der Waals surface area contributed by atoms with E-state index < -0.39 is 0 Å². The second-order valence-corrected chi connectivity index (χ2v) is 7.37. The average molecular weight is 396 g/mol. The van der Waals surface area contributed by atoms with E-state index in [-0.39, 0.29) is 0 Å². The maximum absolute atomic E-state index is 5.20. The Morgan fingerprint density at radius 2 is 1.79 bits per heavy atom. The van der Waals surface area contributed by atoms with Gasteiger partial charge in [-0.1, -0.05) is 25.0 Å². The number of hydrogen-bond donors (Lipinski definition) is 2. The van der Waals surface area contributed by atoms with Gasteiger partial charge in [0.05, 0.1) is 7.11 Å². The Bertz CT molecular complexity index is 767. The lowest BCUT2D eigenvalue weighted by Gasteiger charge is -2.22. The highest BCUT2D eigenvalue weighted by molar-refractivity contribution is 5.79. The zero-order valence-electron chi connectivity index (χ0n) is 17.7. The van der Waals surface area contributed by atoms with Crippen LogP contribution >= 0.6 is 0 Å². The minimum absolute atomic E-state index is 0.728. The number of nitrogens with zero attached hydrogens (tertiary/aromatic N) is 3. The molecule has 0 unspecified atom stereocenters. The van der Waals surface area contributed by atoms with Crippen LogP contribution in [0.1, 0.15) is 36.8 Å². The topological polar surface area (TPSA) is 61.8 Å². The summed E-state index contributed by atoms with van der Waals surface area (Å²) in [5.41, 5.74) is 2.49. The van der Waals surface area contributed by atoms with Gasteiger partial charge in [-0.25, -0.2) is 4.98 Å². The Hall–Kier alpha value is -2.76. The smallest absolute Gasteiger partial charge is 0.191 e. The third-order valence-corrected chi connectivity index (χ3v) is 5.29. The molecule has 1 aliphatic heterocycles. The van der Waals surface area contributed by atoms with E-state index in [4.69, 9.17) is 4.74 Å². The lowest BCUT2D eigenvalue weighted by Crippen LogP contribution is -2.37. The van der Waals surface area contributed by atoms with E-state index in [2.05, 4.69) is 49.8 Å². The van der Waals surface area contributed by atoms with Gasteiger partial charge in [0.2, 0.25) is 0 Å². The molecular formula is C23H33N5O. The maximum Gasteiger partial charge on any atom is 0.191 e. The molecule has 1 saturated heterocycles. The number of aromatic nitrogens is 1. The third kappa shape index (κ3) is 6.66. The monoisotopic (exact) mass is 395 g/mol. The number of methoxy groups -OCH3 is 1. The molecular weight excluding hydrogens is 362 g/mol. The Morgan fingerprint density at radius 1 is 1.03 bits per heavy atom. The Kier molecular flexibility index (Phi) is 8.16. The second-order valence-electron chi connectivity index (χ2n) is 7.37. The van der Waals surface area contributed by atoms with Crippen LogP contribution in [0.3, 0.4) is 0 Å². The molecule has 6 heteroatoms. The van der Waals surface area contributed by atoms with E-state index in [0.717, 1.165) is 50.1 Å². The maximum atomic E-state index is 5.20. The summed E-state index contributed by atoms with van der Waals surface area (Å²) in [6.07, 6.45) is 8.02. The van der Waals surface area contributed by atoms with Gasteiger partial charge in [0.25, 0.3) is 0 Å². The van der Waals surface area contributed by atoms with Crippen molar-refractivity contribution in [3.63, 3.8) is 0 Å². The first-order valence-electron chi connectivity index (χ1n) is 10.6. The zero-order chi connectivity index (χ0) is 20.3. The molecule has 0 atom stereocenters. The molecule has 6 nitrogen and oxygen atoms in total. The Labute approximate surface area is 174 Å². The molecule has 1 aromatic heterocycles. The van der Waals surface area contributed by atoms with Crippen molar-refractivity contribution in [2.24, 2.45) is 4.99 Å². The predicted octanol–water partition coefficient (Wildman–Crippen LogP) is 3.38. The number of benzene rings is 1. The van der Waals surface area contributed by atoms with Crippen LogP contribution < -0.4 is 20.3 Å². The van der Waals surface area contributed by atoms with Crippen LogP contribution in [-0.4, -0.2) is 44.7 Å². The molecule has 0 aliphatic carbocycles. The van der Waals surface area contributed by atoms with Crippen molar-refractivity contribution in [2.45, 2.75) is 38.6 Å². The third-order valence-electron chi connectivity index (χ3n) is 5.29. The van der Waals surface area contributed by atoms with Gasteiger partial charge in [0, 0.05) is 39.4 Å². The summed E-state index contributed by atoms with van der Waals surface area (Å²) in [7, 11) is 3.49. The fraction of sp³-hybridized carbons (Fsp3) is 0.478. The standard InChI is InChI=1S/C23H33N5O/c1-24-23(26-14-11-19-7-9-21(29-2)10-8-19)27-18-20-12-13-25-22(17-20)28-15-5-3-4-6-16-28/h7-10,12-13,17H,3-6,11,14-16,18H2,1-2H3,(H2,24,26,27). The van der Waals surface area contributed by atoms with Gasteiger partial charge in [-0.15, -0.1) is 0 Å². The summed E-state index contributed by atoms with van der Waals surface area (Å²) in [6.45, 7) is 3.77. The van der Waals surface area contributed by atoms with Crippen molar-refractivity contribution in [1.82, 2.24) is 15.6 Å². The van der Waals surface area contributed by atoms with E-state index in [9.17, 15) is 0 Å². The highest BCUT2D eigenvalue weighted by Crippen LogP contribution is 2.18. The minimum Gasteiger partial charge on any atom is -0.497 e. The molecule has 0 spiro atoms. The van der Waals surface area contributed by atoms with Gasteiger partial charge in [0.15, 0.2) is 5.96 Å². The van der Waals surface area contributed by atoms with Gasteiger partial charge < -0.3 is 20.3 Å². The van der Waals surface area contributed by atoms with Crippen LogP contribution in [0, 0.1) is 0 Å². The summed E-state index contributed by atoms with van der Waals surface area (Å²) in [5, 5.41) is 6.79. The number of anilines is 1. The van der Waals surface area contributed by atoms with Crippen molar-refractivity contribution in [3.05, 3.63) is 53.7 Å². The SMILES string of the molecule is CN=C(NCCc1ccc(OC)cc1)NCc1ccnc(N2CCCCCC2)c1. The van der Waals surface area contributed by atoms with E-state index in [1.165, 1.54) is 36.8 Å². The summed E-state index contributed by atoms with van der Waals surface area (Å²) in [6, 6.07) is 12.4. The quantitative estimate of drug-likeness (QED) is 0.556. The normalized spacial score (nSPS) is 15.0. The van der Waals surface area contributed by atoms with Gasteiger partial charge >= 0.3 is 0 Å². The highest BCUT2D eigenvalue weighted by Gasteiger charge is 2.11. The molecule has 3 rings (SSSR count). The van der Waals surface area contributed by atoms with E-state index in [1.807, 2.05) is 18.3 Å². The zero-order valence-corrected chi connectivity index (χ0v) is 17.7. The molecule has 1 fully saturated rings. The van der Waals surface area contributed by atoms with Crippen LogP contribution in [0.5, 0.6) is 5.75 Å². The van der Waals surface area contributed by atoms with Gasteiger partial charge in [0.1, 0.15) is 11.6 Å². The average Bonchev–Trinajstić information content (AvgIpc) is 3.06. The Morgan fingerprint density at radius 3 is 2.48 bits per heavy atom. The molecule has 2 N–H and O–H groups in total. The number of guanidine groups is 1. The number of hydrogen-bond acceptors (Lipinski definition) is 4.